The first-order chi connectivity index (χ1) is 13.0. The van der Waals surface area contributed by atoms with Gasteiger partial charge in [0.25, 0.3) is 0 Å². The van der Waals surface area contributed by atoms with Crippen LogP contribution < -0.4 is 9.47 Å². The zero-order chi connectivity index (χ0) is 19.8. The molecule has 4 nitrogen and oxygen atoms in total. The third-order valence-corrected chi connectivity index (χ3v) is 4.77. The molecule has 2 rings (SSSR count). The third kappa shape index (κ3) is 5.51. The highest BCUT2D eigenvalue weighted by Gasteiger charge is 2.19. The smallest absolute Gasteiger partial charge is 0.306 e. The topological polar surface area (TPSA) is 44.8 Å². The number of methoxy groups -OCH3 is 2. The maximum atomic E-state index is 11.9. The standard InChI is InChI=1S/C22H25ClO4/c1-5-27-20(24)14-15(2)22(23)21(16-6-10-18(25-3)11-7-16)17-8-12-19(26-4)13-9-17/h6-13,15H,5,14H2,1-4H3. The van der Waals surface area contributed by atoms with E-state index in [-0.39, 0.29) is 18.3 Å². The van der Waals surface area contributed by atoms with Gasteiger partial charge in [-0.15, -0.1) is 0 Å². The molecule has 1 atom stereocenters. The molecular formula is C22H25ClO4. The molecule has 0 fully saturated rings. The molecule has 1 unspecified atom stereocenters. The van der Waals surface area contributed by atoms with E-state index in [1.54, 1.807) is 21.1 Å². The van der Waals surface area contributed by atoms with Crippen LogP contribution in [0.25, 0.3) is 5.57 Å². The predicted octanol–water partition coefficient (Wildman–Crippen LogP) is 5.29. The van der Waals surface area contributed by atoms with Crippen LogP contribution in [0, 0.1) is 5.92 Å². The molecule has 0 amide bonds. The van der Waals surface area contributed by atoms with Crippen molar-refractivity contribution in [3.63, 3.8) is 0 Å². The summed E-state index contributed by atoms with van der Waals surface area (Å²) in [6, 6.07) is 15.4. The van der Waals surface area contributed by atoms with E-state index in [1.807, 2.05) is 55.5 Å². The lowest BCUT2D eigenvalue weighted by Gasteiger charge is -2.17. The second kappa shape index (κ2) is 10.0. The van der Waals surface area contributed by atoms with Gasteiger partial charge < -0.3 is 14.2 Å². The van der Waals surface area contributed by atoms with Crippen LogP contribution >= 0.6 is 11.6 Å². The van der Waals surface area contributed by atoms with Crippen LogP contribution in [0.2, 0.25) is 0 Å². The maximum Gasteiger partial charge on any atom is 0.306 e. The fourth-order valence-electron chi connectivity index (χ4n) is 2.76. The zero-order valence-corrected chi connectivity index (χ0v) is 16.9. The van der Waals surface area contributed by atoms with Crippen molar-refractivity contribution in [3.8, 4) is 11.5 Å². The van der Waals surface area contributed by atoms with Crippen molar-refractivity contribution < 1.29 is 19.0 Å². The minimum atomic E-state index is -0.257. The molecule has 0 aliphatic heterocycles. The summed E-state index contributed by atoms with van der Waals surface area (Å²) in [5.41, 5.74) is 2.77. The van der Waals surface area contributed by atoms with Crippen molar-refractivity contribution >= 4 is 23.1 Å². The lowest BCUT2D eigenvalue weighted by molar-refractivity contribution is -0.143. The number of esters is 1. The van der Waals surface area contributed by atoms with Crippen molar-refractivity contribution in [2.45, 2.75) is 20.3 Å². The number of carbonyl (C=O) groups excluding carboxylic acids is 1. The highest BCUT2D eigenvalue weighted by molar-refractivity contribution is 6.33. The van der Waals surface area contributed by atoms with Crippen LogP contribution in [0.1, 0.15) is 31.4 Å². The van der Waals surface area contributed by atoms with Crippen molar-refractivity contribution in [2.75, 3.05) is 20.8 Å². The van der Waals surface area contributed by atoms with Gasteiger partial charge in [0.15, 0.2) is 0 Å². The fraction of sp³-hybridized carbons (Fsp3) is 0.318. The fourth-order valence-corrected chi connectivity index (χ4v) is 3.06. The largest absolute Gasteiger partial charge is 0.497 e. The number of hydrogen-bond acceptors (Lipinski definition) is 4. The van der Waals surface area contributed by atoms with Crippen molar-refractivity contribution in [2.24, 2.45) is 5.92 Å². The van der Waals surface area contributed by atoms with Crippen LogP contribution in [0.4, 0.5) is 0 Å². The van der Waals surface area contributed by atoms with E-state index in [4.69, 9.17) is 25.8 Å². The molecule has 2 aromatic carbocycles. The molecule has 0 aliphatic carbocycles. The summed E-state index contributed by atoms with van der Waals surface area (Å²) in [6.45, 7) is 4.07. The molecule has 0 radical (unpaired) electrons. The van der Waals surface area contributed by atoms with Crippen molar-refractivity contribution in [1.29, 1.82) is 0 Å². The normalized spacial score (nSPS) is 11.4. The summed E-state index contributed by atoms with van der Waals surface area (Å²) >= 11 is 6.77. The van der Waals surface area contributed by atoms with Crippen molar-refractivity contribution in [3.05, 3.63) is 64.7 Å². The Hall–Kier alpha value is -2.46. The van der Waals surface area contributed by atoms with E-state index >= 15 is 0 Å². The molecular weight excluding hydrogens is 364 g/mol. The zero-order valence-electron chi connectivity index (χ0n) is 16.1. The van der Waals surface area contributed by atoms with E-state index in [9.17, 15) is 4.79 Å². The number of ether oxygens (including phenoxy) is 3. The second-order valence-electron chi connectivity index (χ2n) is 6.09. The Bertz CT molecular complexity index is 729. The predicted molar refractivity (Wildman–Crippen MR) is 108 cm³/mol. The number of hydrogen-bond donors (Lipinski definition) is 0. The summed E-state index contributed by atoms with van der Waals surface area (Å²) in [6.07, 6.45) is 0.225. The van der Waals surface area contributed by atoms with E-state index in [0.29, 0.717) is 11.6 Å². The molecule has 0 saturated heterocycles. The SMILES string of the molecule is CCOC(=O)CC(C)C(Cl)=C(c1ccc(OC)cc1)c1ccc(OC)cc1. The summed E-state index contributed by atoms with van der Waals surface area (Å²) in [7, 11) is 3.26. The van der Waals surface area contributed by atoms with Gasteiger partial charge in [-0.1, -0.05) is 42.8 Å². The molecule has 0 aromatic heterocycles. The summed E-state index contributed by atoms with van der Waals surface area (Å²) in [5.74, 6) is 1.10. The van der Waals surface area contributed by atoms with Crippen LogP contribution in [-0.2, 0) is 9.53 Å². The van der Waals surface area contributed by atoms with Gasteiger partial charge in [-0.05, 0) is 42.3 Å². The first-order valence-corrected chi connectivity index (χ1v) is 9.22. The lowest BCUT2D eigenvalue weighted by atomic mass is 9.92. The van der Waals surface area contributed by atoms with E-state index in [0.717, 1.165) is 28.2 Å². The van der Waals surface area contributed by atoms with Gasteiger partial charge in [0.1, 0.15) is 11.5 Å². The number of allylic oxidation sites excluding steroid dienone is 1. The van der Waals surface area contributed by atoms with Gasteiger partial charge in [-0.2, -0.15) is 0 Å². The van der Waals surface area contributed by atoms with Gasteiger partial charge in [-0.25, -0.2) is 0 Å². The van der Waals surface area contributed by atoms with Crippen LogP contribution in [0.15, 0.2) is 53.6 Å². The average molecular weight is 389 g/mol. The molecule has 0 aliphatic rings. The number of carbonyl (C=O) groups is 1. The van der Waals surface area contributed by atoms with E-state index in [1.165, 1.54) is 0 Å². The second-order valence-corrected chi connectivity index (χ2v) is 6.50. The quantitative estimate of drug-likeness (QED) is 0.576. The Morgan fingerprint density at radius 1 is 0.926 bits per heavy atom. The Morgan fingerprint density at radius 3 is 1.74 bits per heavy atom. The van der Waals surface area contributed by atoms with E-state index in [2.05, 4.69) is 0 Å². The van der Waals surface area contributed by atoms with Gasteiger partial charge in [0.05, 0.1) is 27.2 Å². The Morgan fingerprint density at radius 2 is 1.37 bits per heavy atom. The lowest BCUT2D eigenvalue weighted by Crippen LogP contribution is -2.10. The summed E-state index contributed by atoms with van der Waals surface area (Å²) in [5, 5.41) is 0.610. The molecule has 0 saturated carbocycles. The van der Waals surface area contributed by atoms with Gasteiger partial charge in [0, 0.05) is 16.5 Å². The number of halogens is 1. The van der Waals surface area contributed by atoms with Crippen molar-refractivity contribution in [1.82, 2.24) is 0 Å². The van der Waals surface area contributed by atoms with Crippen LogP contribution in [-0.4, -0.2) is 26.8 Å². The maximum absolute atomic E-state index is 11.9. The van der Waals surface area contributed by atoms with Gasteiger partial charge >= 0.3 is 5.97 Å². The molecule has 144 valence electrons. The number of benzene rings is 2. The molecule has 2 aromatic rings. The first-order valence-electron chi connectivity index (χ1n) is 8.84. The summed E-state index contributed by atoms with van der Waals surface area (Å²) in [4.78, 5) is 11.9. The van der Waals surface area contributed by atoms with Crippen LogP contribution in [0.3, 0.4) is 0 Å². The molecule has 0 heterocycles. The first kappa shape index (κ1) is 20.8. The third-order valence-electron chi connectivity index (χ3n) is 4.21. The minimum Gasteiger partial charge on any atom is -0.497 e. The number of rotatable bonds is 8. The average Bonchev–Trinajstić information content (AvgIpc) is 2.69. The summed E-state index contributed by atoms with van der Waals surface area (Å²) < 4.78 is 15.6. The molecule has 0 N–H and O–H groups in total. The monoisotopic (exact) mass is 388 g/mol. The highest BCUT2D eigenvalue weighted by atomic mass is 35.5. The molecule has 27 heavy (non-hydrogen) atoms. The van der Waals surface area contributed by atoms with Crippen LogP contribution in [0.5, 0.6) is 11.5 Å². The Kier molecular flexibility index (Phi) is 7.74. The Balaban J connectivity index is 2.47. The molecule has 0 spiro atoms. The minimum absolute atomic E-state index is 0.176. The van der Waals surface area contributed by atoms with Gasteiger partial charge in [0.2, 0.25) is 0 Å². The van der Waals surface area contributed by atoms with E-state index < -0.39 is 0 Å². The Labute approximate surface area is 165 Å². The van der Waals surface area contributed by atoms with Gasteiger partial charge in [-0.3, -0.25) is 4.79 Å². The molecule has 0 bridgehead atoms. The molecule has 5 heteroatoms. The highest BCUT2D eigenvalue weighted by Crippen LogP contribution is 2.35.